The number of methoxy groups -OCH3 is 1. The molecule has 0 bridgehead atoms. The Hall–Kier alpha value is -2.32. The maximum Gasteiger partial charge on any atom is 0.251 e. The summed E-state index contributed by atoms with van der Waals surface area (Å²) < 4.78 is 17.2. The third-order valence-corrected chi connectivity index (χ3v) is 6.87. The molecular weight excluding hydrogens is 466 g/mol. The largest absolute Gasteiger partial charge is 0.493 e. The van der Waals surface area contributed by atoms with E-state index in [0.29, 0.717) is 23.6 Å². The molecule has 0 spiro atoms. The van der Waals surface area contributed by atoms with E-state index < -0.39 is 0 Å². The molecule has 2 aromatic rings. The van der Waals surface area contributed by atoms with Crippen LogP contribution in [-0.4, -0.2) is 81.4 Å². The number of halogens is 1. The van der Waals surface area contributed by atoms with Gasteiger partial charge in [0.1, 0.15) is 6.10 Å². The van der Waals surface area contributed by atoms with Gasteiger partial charge in [0.2, 0.25) is 0 Å². The van der Waals surface area contributed by atoms with Crippen LogP contribution in [0.2, 0.25) is 5.02 Å². The highest BCUT2D eigenvalue weighted by atomic mass is 35.5. The first-order chi connectivity index (χ1) is 17.1. The summed E-state index contributed by atoms with van der Waals surface area (Å²) in [5, 5.41) is 3.78. The van der Waals surface area contributed by atoms with Crippen LogP contribution in [0.1, 0.15) is 35.2 Å². The standard InChI is InChI=1S/C27H36ClN3O4/c1-33-26-19-22(27(32)29-11-2-12-30-15-17-34-18-16-30)5-8-25(26)35-24-9-13-31(14-10-24)20-21-3-6-23(28)7-4-21/h3-8,19,24H,2,9-18,20H2,1H3,(H,29,32). The Morgan fingerprint density at radius 3 is 2.49 bits per heavy atom. The molecule has 2 aliphatic heterocycles. The molecule has 1 amide bonds. The lowest BCUT2D eigenvalue weighted by atomic mass is 10.1. The van der Waals surface area contributed by atoms with Crippen LogP contribution >= 0.6 is 11.6 Å². The van der Waals surface area contributed by atoms with Crippen molar-refractivity contribution in [1.29, 1.82) is 0 Å². The van der Waals surface area contributed by atoms with Gasteiger partial charge < -0.3 is 19.5 Å². The Balaban J connectivity index is 1.22. The van der Waals surface area contributed by atoms with Gasteiger partial charge in [-0.15, -0.1) is 0 Å². The first-order valence-corrected chi connectivity index (χ1v) is 12.9. The number of benzene rings is 2. The maximum absolute atomic E-state index is 12.6. The molecule has 0 unspecified atom stereocenters. The van der Waals surface area contributed by atoms with Gasteiger partial charge in [-0.25, -0.2) is 0 Å². The van der Waals surface area contributed by atoms with Crippen molar-refractivity contribution in [3.05, 3.63) is 58.6 Å². The van der Waals surface area contributed by atoms with E-state index in [9.17, 15) is 4.79 Å². The molecule has 0 saturated carbocycles. The van der Waals surface area contributed by atoms with Crippen LogP contribution in [0.4, 0.5) is 0 Å². The van der Waals surface area contributed by atoms with Crippen LogP contribution in [0, 0.1) is 0 Å². The number of nitrogens with one attached hydrogen (secondary N) is 1. The molecule has 2 saturated heterocycles. The van der Waals surface area contributed by atoms with Crippen LogP contribution in [0.3, 0.4) is 0 Å². The summed E-state index contributed by atoms with van der Waals surface area (Å²) in [6.07, 6.45) is 2.94. The number of ether oxygens (including phenoxy) is 3. The van der Waals surface area contributed by atoms with E-state index >= 15 is 0 Å². The number of carbonyl (C=O) groups excluding carboxylic acids is 1. The summed E-state index contributed by atoms with van der Waals surface area (Å²) in [7, 11) is 1.61. The average molecular weight is 502 g/mol. The van der Waals surface area contributed by atoms with E-state index in [4.69, 9.17) is 25.8 Å². The van der Waals surface area contributed by atoms with Gasteiger partial charge in [0.05, 0.1) is 20.3 Å². The van der Waals surface area contributed by atoms with Crippen LogP contribution < -0.4 is 14.8 Å². The predicted octanol–water partition coefficient (Wildman–Crippen LogP) is 3.84. The normalized spacial score (nSPS) is 17.8. The maximum atomic E-state index is 12.6. The van der Waals surface area contributed by atoms with E-state index in [0.717, 1.165) is 76.8 Å². The van der Waals surface area contributed by atoms with Crippen molar-refractivity contribution >= 4 is 17.5 Å². The third kappa shape index (κ3) is 7.84. The zero-order valence-corrected chi connectivity index (χ0v) is 21.3. The van der Waals surface area contributed by atoms with Gasteiger partial charge in [-0.05, 0) is 61.7 Å². The van der Waals surface area contributed by atoms with Gasteiger partial charge in [0.25, 0.3) is 5.91 Å². The SMILES string of the molecule is COc1cc(C(=O)NCCCN2CCOCC2)ccc1OC1CCN(Cc2ccc(Cl)cc2)CC1. The van der Waals surface area contributed by atoms with Gasteiger partial charge in [-0.1, -0.05) is 23.7 Å². The lowest BCUT2D eigenvalue weighted by molar-refractivity contribution is 0.0374. The summed E-state index contributed by atoms with van der Waals surface area (Å²) in [4.78, 5) is 17.4. The van der Waals surface area contributed by atoms with Crippen molar-refractivity contribution in [2.24, 2.45) is 0 Å². The molecule has 2 aliphatic rings. The van der Waals surface area contributed by atoms with Crippen molar-refractivity contribution in [3.63, 3.8) is 0 Å². The van der Waals surface area contributed by atoms with Crippen molar-refractivity contribution in [3.8, 4) is 11.5 Å². The Kier molecular flexibility index (Phi) is 9.66. The number of piperidine rings is 1. The molecule has 2 fully saturated rings. The average Bonchev–Trinajstić information content (AvgIpc) is 2.90. The van der Waals surface area contributed by atoms with Gasteiger partial charge >= 0.3 is 0 Å². The smallest absolute Gasteiger partial charge is 0.251 e. The van der Waals surface area contributed by atoms with Crippen molar-refractivity contribution < 1.29 is 19.0 Å². The zero-order chi connectivity index (χ0) is 24.5. The minimum absolute atomic E-state index is 0.0904. The van der Waals surface area contributed by atoms with Gasteiger partial charge in [0, 0.05) is 49.9 Å². The first-order valence-electron chi connectivity index (χ1n) is 12.5. The molecule has 7 nitrogen and oxygen atoms in total. The van der Waals surface area contributed by atoms with Crippen LogP contribution in [-0.2, 0) is 11.3 Å². The highest BCUT2D eigenvalue weighted by molar-refractivity contribution is 6.30. The van der Waals surface area contributed by atoms with E-state index in [2.05, 4.69) is 27.2 Å². The lowest BCUT2D eigenvalue weighted by Crippen LogP contribution is -2.38. The van der Waals surface area contributed by atoms with E-state index in [-0.39, 0.29) is 12.0 Å². The minimum Gasteiger partial charge on any atom is -0.493 e. The molecular formula is C27H36ClN3O4. The second-order valence-corrected chi connectivity index (χ2v) is 9.59. The number of hydrogen-bond donors (Lipinski definition) is 1. The fraction of sp³-hybridized carbons (Fsp3) is 0.519. The Morgan fingerprint density at radius 1 is 1.03 bits per heavy atom. The summed E-state index contributed by atoms with van der Waals surface area (Å²) in [5.41, 5.74) is 1.85. The van der Waals surface area contributed by atoms with Crippen molar-refractivity contribution in [2.75, 3.05) is 59.6 Å². The number of amides is 1. The first kappa shape index (κ1) is 25.8. The van der Waals surface area contributed by atoms with Gasteiger partial charge in [-0.3, -0.25) is 14.6 Å². The monoisotopic (exact) mass is 501 g/mol. The highest BCUT2D eigenvalue weighted by Crippen LogP contribution is 2.31. The zero-order valence-electron chi connectivity index (χ0n) is 20.5. The molecule has 8 heteroatoms. The molecule has 1 N–H and O–H groups in total. The second-order valence-electron chi connectivity index (χ2n) is 9.15. The fourth-order valence-electron chi connectivity index (χ4n) is 4.55. The van der Waals surface area contributed by atoms with Gasteiger partial charge in [-0.2, -0.15) is 0 Å². The Labute approximate surface area is 213 Å². The molecule has 2 aromatic carbocycles. The molecule has 0 atom stereocenters. The summed E-state index contributed by atoms with van der Waals surface area (Å²) >= 11 is 5.99. The predicted molar refractivity (Wildman–Crippen MR) is 138 cm³/mol. The number of nitrogens with zero attached hydrogens (tertiary/aromatic N) is 2. The van der Waals surface area contributed by atoms with Crippen LogP contribution in [0.15, 0.2) is 42.5 Å². The molecule has 35 heavy (non-hydrogen) atoms. The van der Waals surface area contributed by atoms with Gasteiger partial charge in [0.15, 0.2) is 11.5 Å². The molecule has 0 aliphatic carbocycles. The van der Waals surface area contributed by atoms with Crippen molar-refractivity contribution in [1.82, 2.24) is 15.1 Å². The third-order valence-electron chi connectivity index (χ3n) is 6.61. The minimum atomic E-state index is -0.0904. The quantitative estimate of drug-likeness (QED) is 0.499. The number of morpholine rings is 1. The Morgan fingerprint density at radius 2 is 1.77 bits per heavy atom. The van der Waals surface area contributed by atoms with Crippen LogP contribution in [0.5, 0.6) is 11.5 Å². The number of hydrogen-bond acceptors (Lipinski definition) is 6. The fourth-order valence-corrected chi connectivity index (χ4v) is 4.68. The molecule has 0 aromatic heterocycles. The van der Waals surface area contributed by atoms with E-state index in [1.165, 1.54) is 5.56 Å². The summed E-state index contributed by atoms with van der Waals surface area (Å²) in [6, 6.07) is 13.5. The summed E-state index contributed by atoms with van der Waals surface area (Å²) in [6.45, 7) is 8.00. The Bertz CT molecular complexity index is 942. The number of carbonyl (C=O) groups is 1. The lowest BCUT2D eigenvalue weighted by Gasteiger charge is -2.32. The molecule has 4 rings (SSSR count). The molecule has 2 heterocycles. The topological polar surface area (TPSA) is 63.3 Å². The number of likely N-dealkylation sites (tertiary alicyclic amines) is 1. The summed E-state index contributed by atoms with van der Waals surface area (Å²) in [5.74, 6) is 1.19. The van der Waals surface area contributed by atoms with Crippen LogP contribution in [0.25, 0.3) is 0 Å². The van der Waals surface area contributed by atoms with E-state index in [1.54, 1.807) is 13.2 Å². The number of rotatable bonds is 10. The highest BCUT2D eigenvalue weighted by Gasteiger charge is 2.22. The van der Waals surface area contributed by atoms with E-state index in [1.807, 2.05) is 24.3 Å². The molecule has 0 radical (unpaired) electrons. The second kappa shape index (κ2) is 13.1. The molecule has 190 valence electrons. The van der Waals surface area contributed by atoms with Crippen molar-refractivity contribution in [2.45, 2.75) is 31.9 Å².